The van der Waals surface area contributed by atoms with E-state index in [9.17, 15) is 10.1 Å². The Kier molecular flexibility index (Phi) is 3.02. The predicted molar refractivity (Wildman–Crippen MR) is 72.3 cm³/mol. The lowest BCUT2D eigenvalue weighted by atomic mass is 9.69. The summed E-state index contributed by atoms with van der Waals surface area (Å²) in [5.41, 5.74) is 0.614. The standard InChI is InChI=1S/C16H18N2O/c17-12-16(8-4-9-16)15(19)18-10-7-14(11-18)13-5-2-1-3-6-13/h1-3,5-6,14H,4,7-11H2. The van der Waals surface area contributed by atoms with Gasteiger partial charge in [0.25, 0.3) is 0 Å². The molecule has 0 aromatic heterocycles. The van der Waals surface area contributed by atoms with E-state index in [0.717, 1.165) is 38.8 Å². The van der Waals surface area contributed by atoms with Gasteiger partial charge in [-0.05, 0) is 31.2 Å². The van der Waals surface area contributed by atoms with Crippen molar-refractivity contribution >= 4 is 5.91 Å². The molecule has 0 spiro atoms. The van der Waals surface area contributed by atoms with Crippen LogP contribution in [-0.4, -0.2) is 23.9 Å². The topological polar surface area (TPSA) is 44.1 Å². The van der Waals surface area contributed by atoms with E-state index in [1.165, 1.54) is 5.56 Å². The fraction of sp³-hybridized carbons (Fsp3) is 0.500. The average molecular weight is 254 g/mol. The number of hydrogen-bond donors (Lipinski definition) is 0. The van der Waals surface area contributed by atoms with Gasteiger partial charge in [0, 0.05) is 19.0 Å². The number of nitrogens with zero attached hydrogens (tertiary/aromatic N) is 2. The molecule has 1 aromatic rings. The lowest BCUT2D eigenvalue weighted by Crippen LogP contribution is -2.46. The van der Waals surface area contributed by atoms with Crippen LogP contribution < -0.4 is 0 Å². The number of carbonyl (C=O) groups excluding carboxylic acids is 1. The molecule has 1 saturated heterocycles. The SMILES string of the molecule is N#CC1(C(=O)N2CCC(c3ccccc3)C2)CCC1. The van der Waals surface area contributed by atoms with Crippen LogP contribution in [-0.2, 0) is 4.79 Å². The van der Waals surface area contributed by atoms with E-state index in [-0.39, 0.29) is 5.91 Å². The summed E-state index contributed by atoms with van der Waals surface area (Å²) in [6.45, 7) is 1.56. The largest absolute Gasteiger partial charge is 0.341 e. The molecule has 1 unspecified atom stereocenters. The fourth-order valence-electron chi connectivity index (χ4n) is 3.15. The van der Waals surface area contributed by atoms with Gasteiger partial charge in [-0.3, -0.25) is 4.79 Å². The molecule has 0 N–H and O–H groups in total. The zero-order chi connectivity index (χ0) is 13.3. The number of nitriles is 1. The van der Waals surface area contributed by atoms with Crippen molar-refractivity contribution in [1.29, 1.82) is 5.26 Å². The van der Waals surface area contributed by atoms with Gasteiger partial charge in [0.15, 0.2) is 0 Å². The number of rotatable bonds is 2. The third kappa shape index (κ3) is 2.02. The second-order valence-electron chi connectivity index (χ2n) is 5.69. The van der Waals surface area contributed by atoms with Crippen molar-refractivity contribution in [2.75, 3.05) is 13.1 Å². The zero-order valence-corrected chi connectivity index (χ0v) is 11.0. The minimum Gasteiger partial charge on any atom is -0.341 e. The van der Waals surface area contributed by atoms with Gasteiger partial charge in [-0.15, -0.1) is 0 Å². The molecule has 98 valence electrons. The van der Waals surface area contributed by atoms with Crippen LogP contribution in [0.25, 0.3) is 0 Å². The smallest absolute Gasteiger partial charge is 0.243 e. The maximum absolute atomic E-state index is 12.5. The first-order valence-electron chi connectivity index (χ1n) is 7.01. The number of carbonyl (C=O) groups is 1. The monoisotopic (exact) mass is 254 g/mol. The molecule has 19 heavy (non-hydrogen) atoms. The third-order valence-electron chi connectivity index (χ3n) is 4.58. The van der Waals surface area contributed by atoms with E-state index >= 15 is 0 Å². The molecule has 1 saturated carbocycles. The van der Waals surface area contributed by atoms with Crippen LogP contribution in [0.1, 0.15) is 37.2 Å². The van der Waals surface area contributed by atoms with E-state index in [2.05, 4.69) is 18.2 Å². The summed E-state index contributed by atoms with van der Waals surface area (Å²) < 4.78 is 0. The highest BCUT2D eigenvalue weighted by Gasteiger charge is 2.48. The van der Waals surface area contributed by atoms with Crippen molar-refractivity contribution in [2.24, 2.45) is 5.41 Å². The Morgan fingerprint density at radius 2 is 2.05 bits per heavy atom. The molecule has 2 fully saturated rings. The Hall–Kier alpha value is -1.82. The van der Waals surface area contributed by atoms with Crippen LogP contribution in [0, 0.1) is 16.7 Å². The Morgan fingerprint density at radius 1 is 1.32 bits per heavy atom. The normalized spacial score (nSPS) is 24.6. The summed E-state index contributed by atoms with van der Waals surface area (Å²) in [7, 11) is 0. The van der Waals surface area contributed by atoms with Gasteiger partial charge in [-0.1, -0.05) is 30.3 Å². The van der Waals surface area contributed by atoms with Crippen LogP contribution in [0.2, 0.25) is 0 Å². The highest BCUT2D eigenvalue weighted by Crippen LogP contribution is 2.43. The summed E-state index contributed by atoms with van der Waals surface area (Å²) in [6, 6.07) is 12.6. The van der Waals surface area contributed by atoms with Gasteiger partial charge in [0.05, 0.1) is 6.07 Å². The first-order valence-corrected chi connectivity index (χ1v) is 7.01. The highest BCUT2D eigenvalue weighted by atomic mass is 16.2. The Balaban J connectivity index is 1.70. The summed E-state index contributed by atoms with van der Waals surface area (Å²) in [6.07, 6.45) is 3.51. The summed E-state index contributed by atoms with van der Waals surface area (Å²) >= 11 is 0. The Labute approximate surface area is 113 Å². The van der Waals surface area contributed by atoms with Gasteiger partial charge in [-0.2, -0.15) is 5.26 Å². The van der Waals surface area contributed by atoms with Crippen molar-refractivity contribution in [2.45, 2.75) is 31.6 Å². The minimum atomic E-state index is -0.689. The predicted octanol–water partition coefficient (Wildman–Crippen LogP) is 2.70. The highest BCUT2D eigenvalue weighted by molar-refractivity contribution is 5.86. The number of likely N-dealkylation sites (tertiary alicyclic amines) is 1. The van der Waals surface area contributed by atoms with Gasteiger partial charge >= 0.3 is 0 Å². The molecule has 0 radical (unpaired) electrons. The molecular formula is C16H18N2O. The van der Waals surface area contributed by atoms with Crippen LogP contribution >= 0.6 is 0 Å². The van der Waals surface area contributed by atoms with Gasteiger partial charge in [0.2, 0.25) is 5.91 Å². The fourth-order valence-corrected chi connectivity index (χ4v) is 3.15. The van der Waals surface area contributed by atoms with Gasteiger partial charge in [-0.25, -0.2) is 0 Å². The Bertz CT molecular complexity index is 513. The second kappa shape index (κ2) is 4.70. The molecule has 3 heteroatoms. The maximum atomic E-state index is 12.5. The van der Waals surface area contributed by atoms with E-state index in [0.29, 0.717) is 5.92 Å². The second-order valence-corrected chi connectivity index (χ2v) is 5.69. The molecule has 2 aliphatic rings. The molecule has 3 rings (SSSR count). The summed E-state index contributed by atoms with van der Waals surface area (Å²) in [5.74, 6) is 0.501. The number of hydrogen-bond acceptors (Lipinski definition) is 2. The van der Waals surface area contributed by atoms with Gasteiger partial charge in [0.1, 0.15) is 5.41 Å². The zero-order valence-electron chi connectivity index (χ0n) is 11.0. The van der Waals surface area contributed by atoms with Crippen LogP contribution in [0.15, 0.2) is 30.3 Å². The first kappa shape index (κ1) is 12.2. The molecule has 1 amide bonds. The molecule has 1 atom stereocenters. The molecule has 1 aromatic carbocycles. The molecule has 0 bridgehead atoms. The molecule has 1 aliphatic carbocycles. The van der Waals surface area contributed by atoms with Crippen LogP contribution in [0.5, 0.6) is 0 Å². The molecule has 1 heterocycles. The van der Waals surface area contributed by atoms with E-state index in [4.69, 9.17) is 0 Å². The van der Waals surface area contributed by atoms with Crippen molar-refractivity contribution in [3.8, 4) is 6.07 Å². The van der Waals surface area contributed by atoms with Crippen molar-refractivity contribution in [3.05, 3.63) is 35.9 Å². The Morgan fingerprint density at radius 3 is 2.63 bits per heavy atom. The first-order chi connectivity index (χ1) is 9.25. The van der Waals surface area contributed by atoms with Crippen LogP contribution in [0.3, 0.4) is 0 Å². The van der Waals surface area contributed by atoms with Crippen molar-refractivity contribution < 1.29 is 4.79 Å². The lowest BCUT2D eigenvalue weighted by Gasteiger charge is -2.36. The van der Waals surface area contributed by atoms with E-state index < -0.39 is 5.41 Å². The third-order valence-corrected chi connectivity index (χ3v) is 4.58. The van der Waals surface area contributed by atoms with E-state index in [1.807, 2.05) is 23.1 Å². The van der Waals surface area contributed by atoms with Crippen molar-refractivity contribution in [3.63, 3.8) is 0 Å². The molecular weight excluding hydrogens is 236 g/mol. The molecule has 3 nitrogen and oxygen atoms in total. The average Bonchev–Trinajstić information content (AvgIpc) is 2.88. The number of benzene rings is 1. The van der Waals surface area contributed by atoms with Crippen molar-refractivity contribution in [1.82, 2.24) is 4.90 Å². The maximum Gasteiger partial charge on any atom is 0.243 e. The molecule has 1 aliphatic heterocycles. The lowest BCUT2D eigenvalue weighted by molar-refractivity contribution is -0.141. The van der Waals surface area contributed by atoms with E-state index in [1.54, 1.807) is 0 Å². The minimum absolute atomic E-state index is 0.0691. The number of amides is 1. The quantitative estimate of drug-likeness (QED) is 0.814. The summed E-state index contributed by atoms with van der Waals surface area (Å²) in [5, 5.41) is 9.25. The van der Waals surface area contributed by atoms with Crippen LogP contribution in [0.4, 0.5) is 0 Å². The summed E-state index contributed by atoms with van der Waals surface area (Å²) in [4.78, 5) is 14.4. The van der Waals surface area contributed by atoms with Gasteiger partial charge < -0.3 is 4.90 Å².